The summed E-state index contributed by atoms with van der Waals surface area (Å²) in [6, 6.07) is 6.60. The molecule has 0 aliphatic carbocycles. The summed E-state index contributed by atoms with van der Waals surface area (Å²) in [6.07, 6.45) is 0.731. The van der Waals surface area contributed by atoms with Crippen molar-refractivity contribution in [2.24, 2.45) is 5.10 Å². The van der Waals surface area contributed by atoms with Gasteiger partial charge in [-0.1, -0.05) is 24.3 Å². The van der Waals surface area contributed by atoms with E-state index in [1.807, 2.05) is 24.3 Å². The molecule has 0 aromatic heterocycles. The minimum absolute atomic E-state index is 0.152. The van der Waals surface area contributed by atoms with Gasteiger partial charge in [-0.15, -0.1) is 0 Å². The number of benzene rings is 1. The maximum atomic E-state index is 12.7. The third-order valence-corrected chi connectivity index (χ3v) is 4.25. The van der Waals surface area contributed by atoms with Crippen LogP contribution in [0.5, 0.6) is 0 Å². The first-order valence-corrected chi connectivity index (χ1v) is 7.42. The van der Waals surface area contributed by atoms with E-state index in [4.69, 9.17) is 0 Å². The number of rotatable bonds is 2. The molecular weight excluding hydrogens is 298 g/mol. The van der Waals surface area contributed by atoms with Gasteiger partial charge in [-0.2, -0.15) is 5.10 Å². The van der Waals surface area contributed by atoms with Crippen LogP contribution in [0.25, 0.3) is 0 Å². The van der Waals surface area contributed by atoms with Crippen molar-refractivity contribution in [3.63, 3.8) is 0 Å². The second-order valence-electron chi connectivity index (χ2n) is 5.72. The summed E-state index contributed by atoms with van der Waals surface area (Å²) in [5.74, 6) is -1.60. The topological polar surface area (TPSA) is 90.3 Å². The van der Waals surface area contributed by atoms with Crippen LogP contribution in [0.15, 0.2) is 29.4 Å². The third-order valence-electron chi connectivity index (χ3n) is 4.25. The van der Waals surface area contributed by atoms with Crippen molar-refractivity contribution in [3.8, 4) is 0 Å². The number of carbonyl (C=O) groups excluding carboxylic acids is 2. The zero-order valence-corrected chi connectivity index (χ0v) is 12.7. The predicted molar refractivity (Wildman–Crippen MR) is 81.6 cm³/mol. The van der Waals surface area contributed by atoms with E-state index in [9.17, 15) is 19.5 Å². The highest BCUT2D eigenvalue weighted by molar-refractivity contribution is 6.39. The Morgan fingerprint density at radius 3 is 2.57 bits per heavy atom. The van der Waals surface area contributed by atoms with Crippen LogP contribution in [0.2, 0.25) is 0 Å². The van der Waals surface area contributed by atoms with E-state index in [1.54, 1.807) is 0 Å². The van der Waals surface area contributed by atoms with Gasteiger partial charge < -0.3 is 10.0 Å². The second kappa shape index (κ2) is 5.83. The van der Waals surface area contributed by atoms with Crippen molar-refractivity contribution in [2.45, 2.75) is 31.8 Å². The maximum Gasteiger partial charge on any atom is 0.326 e. The molecule has 2 amide bonds. The average Bonchev–Trinajstić information content (AvgIpc) is 2.55. The number of amides is 2. The van der Waals surface area contributed by atoms with Crippen LogP contribution in [0.3, 0.4) is 0 Å². The molecule has 1 N–H and O–H groups in total. The van der Waals surface area contributed by atoms with Crippen LogP contribution in [0.1, 0.15) is 24.0 Å². The molecule has 1 aromatic carbocycles. The van der Waals surface area contributed by atoms with Crippen LogP contribution < -0.4 is 0 Å². The van der Waals surface area contributed by atoms with Gasteiger partial charge in [0.2, 0.25) is 5.91 Å². The second-order valence-corrected chi connectivity index (χ2v) is 5.72. The quantitative estimate of drug-likeness (QED) is 0.867. The number of carboxylic acids is 1. The Kier molecular flexibility index (Phi) is 3.85. The predicted octanol–water partition coefficient (Wildman–Crippen LogP) is 0.633. The molecule has 0 radical (unpaired) electrons. The van der Waals surface area contributed by atoms with Crippen molar-refractivity contribution < 1.29 is 19.5 Å². The van der Waals surface area contributed by atoms with Gasteiger partial charge in [0.15, 0.2) is 0 Å². The first-order chi connectivity index (χ1) is 11.0. The van der Waals surface area contributed by atoms with Gasteiger partial charge in [-0.3, -0.25) is 9.59 Å². The van der Waals surface area contributed by atoms with Crippen molar-refractivity contribution in [1.82, 2.24) is 9.91 Å². The largest absolute Gasteiger partial charge is 0.480 e. The van der Waals surface area contributed by atoms with Crippen molar-refractivity contribution >= 4 is 23.5 Å². The summed E-state index contributed by atoms with van der Waals surface area (Å²) < 4.78 is 0. The highest BCUT2D eigenvalue weighted by atomic mass is 16.4. The van der Waals surface area contributed by atoms with Gasteiger partial charge in [-0.05, 0) is 11.1 Å². The van der Waals surface area contributed by atoms with E-state index in [0.29, 0.717) is 0 Å². The van der Waals surface area contributed by atoms with E-state index in [2.05, 4.69) is 5.10 Å². The Labute approximate surface area is 133 Å². The SMILES string of the molecule is CN1N=C(C(=O)N2Cc3ccccc3C[C@H]2C(=O)O)CCC1=O. The Hall–Kier alpha value is -2.70. The third kappa shape index (κ3) is 2.81. The average molecular weight is 315 g/mol. The molecule has 7 nitrogen and oxygen atoms in total. The Morgan fingerprint density at radius 2 is 1.91 bits per heavy atom. The van der Waals surface area contributed by atoms with Gasteiger partial charge in [0.25, 0.3) is 5.91 Å². The van der Waals surface area contributed by atoms with E-state index >= 15 is 0 Å². The molecule has 7 heteroatoms. The zero-order valence-electron chi connectivity index (χ0n) is 12.7. The summed E-state index contributed by atoms with van der Waals surface area (Å²) in [7, 11) is 1.49. The first kappa shape index (κ1) is 15.2. The van der Waals surface area contributed by atoms with Gasteiger partial charge in [0.05, 0.1) is 0 Å². The minimum Gasteiger partial charge on any atom is -0.480 e. The molecule has 0 bridgehead atoms. The van der Waals surface area contributed by atoms with E-state index < -0.39 is 17.9 Å². The van der Waals surface area contributed by atoms with Crippen LogP contribution in [-0.4, -0.2) is 51.6 Å². The van der Waals surface area contributed by atoms with Gasteiger partial charge in [-0.25, -0.2) is 9.80 Å². The molecule has 1 atom stereocenters. The molecular formula is C16H17N3O4. The monoisotopic (exact) mass is 315 g/mol. The lowest BCUT2D eigenvalue weighted by molar-refractivity contribution is -0.149. The van der Waals surface area contributed by atoms with E-state index in [1.165, 1.54) is 11.9 Å². The smallest absolute Gasteiger partial charge is 0.326 e. The summed E-state index contributed by atoms with van der Waals surface area (Å²) in [4.78, 5) is 37.1. The lowest BCUT2D eigenvalue weighted by atomic mass is 9.93. The molecule has 0 saturated heterocycles. The number of hydrogen-bond acceptors (Lipinski definition) is 4. The van der Waals surface area contributed by atoms with Crippen LogP contribution in [0, 0.1) is 0 Å². The van der Waals surface area contributed by atoms with Gasteiger partial charge in [0, 0.05) is 32.9 Å². The van der Waals surface area contributed by atoms with Crippen molar-refractivity contribution in [1.29, 1.82) is 0 Å². The summed E-state index contributed by atoms with van der Waals surface area (Å²) in [5.41, 5.74) is 2.12. The molecule has 0 spiro atoms. The molecule has 1 aromatic rings. The molecule has 3 rings (SSSR count). The summed E-state index contributed by atoms with van der Waals surface area (Å²) in [6.45, 7) is 0.239. The first-order valence-electron chi connectivity index (χ1n) is 7.42. The van der Waals surface area contributed by atoms with Crippen molar-refractivity contribution in [2.75, 3.05) is 7.05 Å². The lowest BCUT2D eigenvalue weighted by Gasteiger charge is -2.35. The molecule has 0 saturated carbocycles. The Morgan fingerprint density at radius 1 is 1.22 bits per heavy atom. The highest BCUT2D eigenvalue weighted by Crippen LogP contribution is 2.24. The Balaban J connectivity index is 1.91. The minimum atomic E-state index is -1.03. The number of nitrogens with zero attached hydrogens (tertiary/aromatic N) is 3. The molecule has 120 valence electrons. The fraction of sp³-hybridized carbons (Fsp3) is 0.375. The molecule has 2 aliphatic heterocycles. The van der Waals surface area contributed by atoms with Crippen molar-refractivity contribution in [3.05, 3.63) is 35.4 Å². The number of aliphatic carboxylic acids is 1. The lowest BCUT2D eigenvalue weighted by Crippen LogP contribution is -2.51. The number of fused-ring (bicyclic) bond motifs is 1. The fourth-order valence-corrected chi connectivity index (χ4v) is 2.95. The highest BCUT2D eigenvalue weighted by Gasteiger charge is 2.37. The molecule has 2 heterocycles. The number of hydrazone groups is 1. The number of carbonyl (C=O) groups is 3. The van der Waals surface area contributed by atoms with Crippen LogP contribution in [-0.2, 0) is 27.3 Å². The fourth-order valence-electron chi connectivity index (χ4n) is 2.95. The van der Waals surface area contributed by atoms with E-state index in [0.717, 1.165) is 16.1 Å². The number of hydrogen-bond donors (Lipinski definition) is 1. The van der Waals surface area contributed by atoms with Gasteiger partial charge in [0.1, 0.15) is 11.8 Å². The Bertz CT molecular complexity index is 713. The molecule has 23 heavy (non-hydrogen) atoms. The molecule has 0 unspecified atom stereocenters. The van der Waals surface area contributed by atoms with Crippen LogP contribution >= 0.6 is 0 Å². The van der Waals surface area contributed by atoms with Gasteiger partial charge >= 0.3 is 5.97 Å². The molecule has 0 fully saturated rings. The zero-order chi connectivity index (χ0) is 16.6. The standard InChI is InChI=1S/C16H17N3O4/c1-18-14(20)7-6-12(17-18)15(21)19-9-11-5-3-2-4-10(11)8-13(19)16(22)23/h2-5,13H,6-9H2,1H3,(H,22,23)/t13-/m0/s1. The summed E-state index contributed by atoms with van der Waals surface area (Å²) >= 11 is 0. The summed E-state index contributed by atoms with van der Waals surface area (Å²) in [5, 5.41) is 14.6. The van der Waals surface area contributed by atoms with E-state index in [-0.39, 0.29) is 37.4 Å². The molecule has 2 aliphatic rings. The normalized spacial score (nSPS) is 20.8. The number of carboxylic acid groups (broad SMARTS) is 1. The maximum absolute atomic E-state index is 12.7. The van der Waals surface area contributed by atoms with Crippen LogP contribution in [0.4, 0.5) is 0 Å².